The molecular formula is C24H36O15S. The van der Waals surface area contributed by atoms with E-state index in [-0.39, 0.29) is 0 Å². The molecule has 3 heterocycles. The minimum absolute atomic E-state index is 0.457. The Bertz CT molecular complexity index is 914. The fraction of sp³-hybridized carbons (Fsp3) is 0.750. The summed E-state index contributed by atoms with van der Waals surface area (Å²) in [5, 5.41) is 102. The quantitative estimate of drug-likeness (QED) is 0.128. The van der Waals surface area contributed by atoms with Crippen molar-refractivity contribution in [3.05, 3.63) is 30.3 Å². The van der Waals surface area contributed by atoms with Crippen molar-refractivity contribution in [3.8, 4) is 0 Å². The minimum atomic E-state index is -1.77. The Morgan fingerprint density at radius 3 is 1.52 bits per heavy atom. The van der Waals surface area contributed by atoms with E-state index in [4.69, 9.17) is 23.7 Å². The molecule has 3 aliphatic rings. The monoisotopic (exact) mass is 596 g/mol. The van der Waals surface area contributed by atoms with E-state index >= 15 is 0 Å². The Morgan fingerprint density at radius 2 is 1.00 bits per heavy atom. The number of benzene rings is 1. The zero-order chi connectivity index (χ0) is 29.1. The lowest BCUT2D eigenvalue weighted by Crippen LogP contribution is -2.62. The molecule has 0 bridgehead atoms. The van der Waals surface area contributed by atoms with Crippen molar-refractivity contribution in [1.82, 2.24) is 0 Å². The maximum atomic E-state index is 10.4. The molecule has 3 aliphatic heterocycles. The molecule has 0 spiro atoms. The molecule has 40 heavy (non-hydrogen) atoms. The highest BCUT2D eigenvalue weighted by Gasteiger charge is 2.49. The molecule has 10 N–H and O–H groups in total. The fourth-order valence-corrected chi connectivity index (χ4v) is 5.64. The Balaban J connectivity index is 1.35. The van der Waals surface area contributed by atoms with Gasteiger partial charge in [-0.2, -0.15) is 0 Å². The molecule has 3 fully saturated rings. The van der Waals surface area contributed by atoms with Crippen LogP contribution in [-0.4, -0.2) is 162 Å². The second-order valence-corrected chi connectivity index (χ2v) is 11.0. The lowest BCUT2D eigenvalue weighted by Gasteiger charge is -2.43. The maximum Gasteiger partial charge on any atom is 0.186 e. The van der Waals surface area contributed by atoms with Crippen LogP contribution in [0.25, 0.3) is 0 Å². The SMILES string of the molecule is OC[C@H]1O[C@@H](OC[C@H]2O[C@@H](OC[C@H]3O[C@H](Sc4ccccc4)[C@H](O)[C@@H](O)[C@@H]3O)[C@H](O)[C@@H](O)[C@@H]2O)[C@H](O)[C@@H](O)[C@@H]1O. The molecule has 228 valence electrons. The summed E-state index contributed by atoms with van der Waals surface area (Å²) in [6.07, 6.45) is -21.6. The van der Waals surface area contributed by atoms with Crippen molar-refractivity contribution >= 4 is 11.8 Å². The number of aliphatic hydroxyl groups is 10. The number of hydrogen-bond acceptors (Lipinski definition) is 16. The molecule has 0 radical (unpaired) electrons. The molecule has 1 aromatic rings. The largest absolute Gasteiger partial charge is 0.394 e. The Morgan fingerprint density at radius 1 is 0.550 bits per heavy atom. The average molecular weight is 597 g/mol. The molecule has 3 saturated heterocycles. The van der Waals surface area contributed by atoms with E-state index in [1.165, 1.54) is 0 Å². The zero-order valence-corrected chi connectivity index (χ0v) is 21.9. The van der Waals surface area contributed by atoms with Crippen LogP contribution in [0.4, 0.5) is 0 Å². The first-order valence-electron chi connectivity index (χ1n) is 12.7. The summed E-state index contributed by atoms with van der Waals surface area (Å²) in [5.74, 6) is 0. The van der Waals surface area contributed by atoms with Crippen molar-refractivity contribution in [2.75, 3.05) is 19.8 Å². The summed E-state index contributed by atoms with van der Waals surface area (Å²) in [4.78, 5) is 0.736. The predicted molar refractivity (Wildman–Crippen MR) is 131 cm³/mol. The molecule has 0 saturated carbocycles. The van der Waals surface area contributed by atoms with Gasteiger partial charge in [-0.05, 0) is 12.1 Å². The van der Waals surface area contributed by atoms with Gasteiger partial charge in [-0.1, -0.05) is 30.0 Å². The zero-order valence-electron chi connectivity index (χ0n) is 21.1. The van der Waals surface area contributed by atoms with Crippen molar-refractivity contribution in [1.29, 1.82) is 0 Å². The van der Waals surface area contributed by atoms with Gasteiger partial charge in [0.05, 0.1) is 19.8 Å². The van der Waals surface area contributed by atoms with Gasteiger partial charge >= 0.3 is 0 Å². The van der Waals surface area contributed by atoms with Crippen LogP contribution in [0, 0.1) is 0 Å². The summed E-state index contributed by atoms with van der Waals surface area (Å²) in [7, 11) is 0. The number of ether oxygens (including phenoxy) is 5. The summed E-state index contributed by atoms with van der Waals surface area (Å²) < 4.78 is 27.5. The molecule has 0 amide bonds. The van der Waals surface area contributed by atoms with Crippen LogP contribution in [0.15, 0.2) is 35.2 Å². The second-order valence-electron chi connectivity index (χ2n) is 9.82. The van der Waals surface area contributed by atoms with Gasteiger partial charge in [-0.3, -0.25) is 0 Å². The van der Waals surface area contributed by atoms with E-state index in [0.717, 1.165) is 16.7 Å². The summed E-state index contributed by atoms with van der Waals surface area (Å²) in [5.41, 5.74) is -0.973. The lowest BCUT2D eigenvalue weighted by atomic mass is 9.98. The molecule has 15 nitrogen and oxygen atoms in total. The minimum Gasteiger partial charge on any atom is -0.394 e. The first-order chi connectivity index (χ1) is 19.0. The molecular weight excluding hydrogens is 560 g/mol. The van der Waals surface area contributed by atoms with Crippen LogP contribution in [0.2, 0.25) is 0 Å². The van der Waals surface area contributed by atoms with Crippen molar-refractivity contribution in [3.63, 3.8) is 0 Å². The number of rotatable bonds is 9. The normalized spacial score (nSPS) is 46.3. The third-order valence-electron chi connectivity index (χ3n) is 7.03. The first-order valence-corrected chi connectivity index (χ1v) is 13.6. The summed E-state index contributed by atoms with van der Waals surface area (Å²) in [6, 6.07) is 8.91. The predicted octanol–water partition coefficient (Wildman–Crippen LogP) is -4.77. The molecule has 1 aromatic carbocycles. The number of thioether (sulfide) groups is 1. The molecule has 0 aliphatic carbocycles. The van der Waals surface area contributed by atoms with Gasteiger partial charge in [0.15, 0.2) is 12.6 Å². The average Bonchev–Trinajstić information content (AvgIpc) is 2.96. The van der Waals surface area contributed by atoms with E-state index in [2.05, 4.69) is 0 Å². The van der Waals surface area contributed by atoms with E-state index in [1.54, 1.807) is 30.3 Å². The molecule has 0 unspecified atom stereocenters. The summed E-state index contributed by atoms with van der Waals surface area (Å²) >= 11 is 1.12. The van der Waals surface area contributed by atoms with Gasteiger partial charge in [0.2, 0.25) is 0 Å². The van der Waals surface area contributed by atoms with Crippen molar-refractivity contribution in [2.24, 2.45) is 0 Å². The third kappa shape index (κ3) is 6.95. The summed E-state index contributed by atoms with van der Waals surface area (Å²) in [6.45, 7) is -1.68. The van der Waals surface area contributed by atoms with Gasteiger partial charge < -0.3 is 74.7 Å². The maximum absolute atomic E-state index is 10.4. The van der Waals surface area contributed by atoms with E-state index in [0.29, 0.717) is 0 Å². The van der Waals surface area contributed by atoms with Crippen LogP contribution in [-0.2, 0) is 23.7 Å². The molecule has 16 heteroatoms. The highest BCUT2D eigenvalue weighted by molar-refractivity contribution is 7.99. The molecule has 4 rings (SSSR count). The highest BCUT2D eigenvalue weighted by Crippen LogP contribution is 2.34. The van der Waals surface area contributed by atoms with Crippen LogP contribution < -0.4 is 0 Å². The Hall–Kier alpha value is -1.03. The lowest BCUT2D eigenvalue weighted by molar-refractivity contribution is -0.335. The van der Waals surface area contributed by atoms with Crippen LogP contribution in [0.3, 0.4) is 0 Å². The molecule has 0 aromatic heterocycles. The van der Waals surface area contributed by atoms with E-state index in [1.807, 2.05) is 0 Å². The van der Waals surface area contributed by atoms with Gasteiger partial charge in [-0.15, -0.1) is 0 Å². The van der Waals surface area contributed by atoms with Gasteiger partial charge in [0, 0.05) is 4.90 Å². The Kier molecular flexibility index (Phi) is 11.1. The van der Waals surface area contributed by atoms with Gasteiger partial charge in [0.1, 0.15) is 78.7 Å². The number of aliphatic hydroxyl groups excluding tert-OH is 10. The van der Waals surface area contributed by atoms with Crippen LogP contribution in [0.1, 0.15) is 0 Å². The Labute approximate surface area is 233 Å². The second kappa shape index (κ2) is 14.0. The van der Waals surface area contributed by atoms with Crippen LogP contribution in [0.5, 0.6) is 0 Å². The highest BCUT2D eigenvalue weighted by atomic mass is 32.2. The molecule has 15 atom stereocenters. The third-order valence-corrected chi connectivity index (χ3v) is 8.20. The van der Waals surface area contributed by atoms with Crippen LogP contribution >= 0.6 is 11.8 Å². The van der Waals surface area contributed by atoms with Gasteiger partial charge in [0.25, 0.3) is 0 Å². The van der Waals surface area contributed by atoms with E-state index in [9.17, 15) is 51.1 Å². The fourth-order valence-electron chi connectivity index (χ4n) is 4.56. The van der Waals surface area contributed by atoms with Crippen molar-refractivity contribution < 1.29 is 74.7 Å². The first kappa shape index (κ1) is 31.9. The standard InChI is InChI=1S/C24H36O15S/c25-6-10-13(26)16(29)19(32)22(37-10)35-7-11-14(27)17(30)20(33)23(38-11)36-8-12-15(28)18(31)21(34)24(39-12)40-9-4-2-1-3-5-9/h1-5,10-34H,6-8H2/t10-,11-,12-,13-,14-,15-,16+,17+,18+,19-,20-,21-,22-,23-,24-/m1/s1. The van der Waals surface area contributed by atoms with Crippen molar-refractivity contribution in [2.45, 2.75) is 96.2 Å². The topological polar surface area (TPSA) is 248 Å². The van der Waals surface area contributed by atoms with E-state index < -0.39 is 111 Å². The number of hydrogen-bond donors (Lipinski definition) is 10. The smallest absolute Gasteiger partial charge is 0.186 e. The van der Waals surface area contributed by atoms with Gasteiger partial charge in [-0.25, -0.2) is 0 Å².